The van der Waals surface area contributed by atoms with Gasteiger partial charge in [-0.25, -0.2) is 4.79 Å². The van der Waals surface area contributed by atoms with E-state index in [4.69, 9.17) is 14.6 Å². The molecule has 0 amide bonds. The molecular formula is C23H30N2O5. The number of aliphatic hydroxyl groups excluding tert-OH is 1. The first-order valence-electron chi connectivity index (χ1n) is 10.3. The maximum atomic E-state index is 11.6. The van der Waals surface area contributed by atoms with E-state index in [2.05, 4.69) is 26.7 Å². The van der Waals surface area contributed by atoms with E-state index in [1.54, 1.807) is 25.3 Å². The lowest BCUT2D eigenvalue weighted by Crippen LogP contribution is -2.46. The van der Waals surface area contributed by atoms with E-state index in [1.807, 2.05) is 18.2 Å². The second-order valence-corrected chi connectivity index (χ2v) is 7.14. The summed E-state index contributed by atoms with van der Waals surface area (Å²) in [5.41, 5.74) is 1.53. The molecule has 2 aromatic carbocycles. The normalized spacial score (nSPS) is 14.4. The number of carbonyl (C=O) groups excluding carboxylic acids is 1. The van der Waals surface area contributed by atoms with Gasteiger partial charge in [-0.15, -0.1) is 0 Å². The molecule has 1 aliphatic heterocycles. The van der Waals surface area contributed by atoms with Crippen LogP contribution in [0.25, 0.3) is 0 Å². The molecule has 0 radical (unpaired) electrons. The Labute approximate surface area is 177 Å². The van der Waals surface area contributed by atoms with E-state index < -0.39 is 12.8 Å². The lowest BCUT2D eigenvalue weighted by atomic mass is 10.2. The highest BCUT2D eigenvalue weighted by molar-refractivity contribution is 5.89. The second-order valence-electron chi connectivity index (χ2n) is 7.14. The van der Waals surface area contributed by atoms with Gasteiger partial charge in [0.05, 0.1) is 25.0 Å². The van der Waals surface area contributed by atoms with Crippen LogP contribution >= 0.6 is 0 Å². The van der Waals surface area contributed by atoms with E-state index in [-0.39, 0.29) is 0 Å². The third kappa shape index (κ3) is 6.11. The molecule has 1 aliphatic rings. The zero-order valence-corrected chi connectivity index (χ0v) is 17.5. The minimum atomic E-state index is -0.628. The Morgan fingerprint density at radius 3 is 2.60 bits per heavy atom. The average molecular weight is 415 g/mol. The van der Waals surface area contributed by atoms with Gasteiger partial charge in [0.2, 0.25) is 0 Å². The Kier molecular flexibility index (Phi) is 8.35. The highest BCUT2D eigenvalue weighted by atomic mass is 16.6. The molecule has 162 valence electrons. The Bertz CT molecular complexity index is 806. The fourth-order valence-corrected chi connectivity index (χ4v) is 3.59. The third-order valence-electron chi connectivity index (χ3n) is 5.20. The van der Waals surface area contributed by atoms with Crippen LogP contribution < -0.4 is 14.4 Å². The van der Waals surface area contributed by atoms with E-state index in [0.29, 0.717) is 17.9 Å². The number of benzene rings is 2. The number of hydrogen-bond acceptors (Lipinski definition) is 7. The molecule has 0 atom stereocenters. The predicted molar refractivity (Wildman–Crippen MR) is 115 cm³/mol. The van der Waals surface area contributed by atoms with E-state index >= 15 is 0 Å². The monoisotopic (exact) mass is 414 g/mol. The smallest absolute Gasteiger partial charge is 0.340 e. The Balaban J connectivity index is 1.34. The number of anilines is 1. The molecule has 0 unspecified atom stereocenters. The van der Waals surface area contributed by atoms with Gasteiger partial charge in [0.15, 0.2) is 6.79 Å². The summed E-state index contributed by atoms with van der Waals surface area (Å²) in [6.45, 7) is 5.08. The summed E-state index contributed by atoms with van der Waals surface area (Å²) in [5, 5.41) is 8.68. The van der Waals surface area contributed by atoms with Crippen LogP contribution in [-0.2, 0) is 4.74 Å². The number of hydrogen-bond donors (Lipinski definition) is 1. The number of unbranched alkanes of at least 4 members (excludes halogenated alkanes) is 1. The van der Waals surface area contributed by atoms with Crippen molar-refractivity contribution in [1.82, 2.24) is 4.90 Å². The van der Waals surface area contributed by atoms with Crippen LogP contribution in [0, 0.1) is 0 Å². The maximum Gasteiger partial charge on any atom is 0.340 e. The molecule has 1 N–H and O–H groups in total. The van der Waals surface area contributed by atoms with Crippen LogP contribution in [0.3, 0.4) is 0 Å². The third-order valence-corrected chi connectivity index (χ3v) is 5.20. The van der Waals surface area contributed by atoms with E-state index in [1.165, 1.54) is 0 Å². The molecule has 7 heteroatoms. The molecule has 1 fully saturated rings. The molecule has 0 aliphatic carbocycles. The number of para-hydroxylation sites is 2. The Morgan fingerprint density at radius 2 is 1.83 bits per heavy atom. The molecule has 0 bridgehead atoms. The standard InChI is InChI=1S/C23H30N2O5/c1-28-22-10-3-2-9-21(22)25-14-12-24(13-15-25)11-4-5-16-29-20-8-6-7-19(17-20)23(27)30-18-26/h2-3,6-10,17,26H,4-5,11-16,18H2,1H3. The molecule has 3 rings (SSSR count). The molecule has 1 heterocycles. The molecule has 1 saturated heterocycles. The fraction of sp³-hybridized carbons (Fsp3) is 0.435. The molecule has 0 spiro atoms. The lowest BCUT2D eigenvalue weighted by Gasteiger charge is -2.36. The maximum absolute atomic E-state index is 11.6. The zero-order valence-electron chi connectivity index (χ0n) is 17.5. The summed E-state index contributed by atoms with van der Waals surface area (Å²) in [5.74, 6) is 1.000. The average Bonchev–Trinajstić information content (AvgIpc) is 2.79. The number of aliphatic hydroxyl groups is 1. The highest BCUT2D eigenvalue weighted by Crippen LogP contribution is 2.28. The number of esters is 1. The van der Waals surface area contributed by atoms with Gasteiger partial charge in [0.1, 0.15) is 11.5 Å². The molecule has 30 heavy (non-hydrogen) atoms. The van der Waals surface area contributed by atoms with Crippen LogP contribution in [-0.4, -0.2) is 69.2 Å². The van der Waals surface area contributed by atoms with Gasteiger partial charge in [-0.05, 0) is 49.7 Å². The number of rotatable bonds is 10. The van der Waals surface area contributed by atoms with Crippen molar-refractivity contribution in [1.29, 1.82) is 0 Å². The van der Waals surface area contributed by atoms with Crippen molar-refractivity contribution in [2.75, 3.05) is 58.1 Å². The quantitative estimate of drug-likeness (QED) is 0.364. The van der Waals surface area contributed by atoms with Crippen molar-refractivity contribution in [3.05, 3.63) is 54.1 Å². The number of piperazine rings is 1. The molecule has 0 aromatic heterocycles. The van der Waals surface area contributed by atoms with Crippen molar-refractivity contribution in [2.45, 2.75) is 12.8 Å². The van der Waals surface area contributed by atoms with E-state index in [9.17, 15) is 4.79 Å². The fourth-order valence-electron chi connectivity index (χ4n) is 3.59. The summed E-state index contributed by atoms with van der Waals surface area (Å²) in [6.07, 6.45) is 2.00. The predicted octanol–water partition coefficient (Wildman–Crippen LogP) is 2.78. The summed E-state index contributed by atoms with van der Waals surface area (Å²) < 4.78 is 15.8. The summed E-state index contributed by atoms with van der Waals surface area (Å²) in [4.78, 5) is 16.5. The Hall–Kier alpha value is -2.77. The van der Waals surface area contributed by atoms with Crippen molar-refractivity contribution < 1.29 is 24.1 Å². The largest absolute Gasteiger partial charge is 0.495 e. The number of ether oxygens (including phenoxy) is 3. The van der Waals surface area contributed by atoms with Gasteiger partial charge in [0.25, 0.3) is 0 Å². The minimum absolute atomic E-state index is 0.370. The number of methoxy groups -OCH3 is 1. The summed E-state index contributed by atoms with van der Waals surface area (Å²) in [6, 6.07) is 15.0. The topological polar surface area (TPSA) is 71.5 Å². The van der Waals surface area contributed by atoms with Crippen LogP contribution in [0.2, 0.25) is 0 Å². The van der Waals surface area contributed by atoms with Crippen molar-refractivity contribution in [2.24, 2.45) is 0 Å². The van der Waals surface area contributed by atoms with Gasteiger partial charge in [-0.1, -0.05) is 18.2 Å². The molecule has 0 saturated carbocycles. The Morgan fingerprint density at radius 1 is 1.03 bits per heavy atom. The van der Waals surface area contributed by atoms with Crippen LogP contribution in [0.1, 0.15) is 23.2 Å². The van der Waals surface area contributed by atoms with E-state index in [0.717, 1.165) is 57.0 Å². The van der Waals surface area contributed by atoms with Crippen molar-refractivity contribution >= 4 is 11.7 Å². The summed E-state index contributed by atoms with van der Waals surface area (Å²) >= 11 is 0. The van der Waals surface area contributed by atoms with Crippen LogP contribution in [0.15, 0.2) is 48.5 Å². The molecule has 7 nitrogen and oxygen atoms in total. The molecule has 2 aromatic rings. The van der Waals surface area contributed by atoms with Crippen molar-refractivity contribution in [3.8, 4) is 11.5 Å². The zero-order chi connectivity index (χ0) is 21.2. The van der Waals surface area contributed by atoms with Gasteiger partial charge in [-0.2, -0.15) is 0 Å². The first kappa shape index (κ1) is 21.9. The van der Waals surface area contributed by atoms with Gasteiger partial charge >= 0.3 is 5.97 Å². The molecular weight excluding hydrogens is 384 g/mol. The second kappa shape index (κ2) is 11.4. The lowest BCUT2D eigenvalue weighted by molar-refractivity contribution is 0.00679. The number of nitrogens with zero attached hydrogens (tertiary/aromatic N) is 2. The van der Waals surface area contributed by atoms with Crippen LogP contribution in [0.4, 0.5) is 5.69 Å². The first-order chi connectivity index (χ1) is 14.7. The number of carbonyl (C=O) groups is 1. The van der Waals surface area contributed by atoms with Crippen LogP contribution in [0.5, 0.6) is 11.5 Å². The van der Waals surface area contributed by atoms with Gasteiger partial charge in [0, 0.05) is 26.2 Å². The highest BCUT2D eigenvalue weighted by Gasteiger charge is 2.19. The van der Waals surface area contributed by atoms with Gasteiger partial charge < -0.3 is 24.2 Å². The minimum Gasteiger partial charge on any atom is -0.495 e. The van der Waals surface area contributed by atoms with Crippen molar-refractivity contribution in [3.63, 3.8) is 0 Å². The summed E-state index contributed by atoms with van der Waals surface area (Å²) in [7, 11) is 1.72. The SMILES string of the molecule is COc1ccccc1N1CCN(CCCCOc2cccc(C(=O)OCO)c2)CC1. The van der Waals surface area contributed by atoms with Gasteiger partial charge in [-0.3, -0.25) is 4.90 Å². The first-order valence-corrected chi connectivity index (χ1v) is 10.3.